The zero-order valence-corrected chi connectivity index (χ0v) is 11.0. The van der Waals surface area contributed by atoms with Crippen molar-refractivity contribution in [2.24, 2.45) is 11.8 Å². The van der Waals surface area contributed by atoms with Gasteiger partial charge in [0.25, 0.3) is 0 Å². The Balaban J connectivity index is 2.24. The molecule has 0 amide bonds. The fraction of sp³-hybridized carbons (Fsp3) is 0.500. The molecule has 3 N–H and O–H groups in total. The molecule has 0 aliphatic carbocycles. The number of hydrogen-bond acceptors (Lipinski definition) is 3. The van der Waals surface area contributed by atoms with Crippen molar-refractivity contribution in [1.29, 1.82) is 0 Å². The maximum absolute atomic E-state index is 6.22. The van der Waals surface area contributed by atoms with E-state index in [1.165, 1.54) is 0 Å². The van der Waals surface area contributed by atoms with Crippen molar-refractivity contribution in [1.82, 2.24) is 5.43 Å². The van der Waals surface area contributed by atoms with Gasteiger partial charge in [-0.1, -0.05) is 35.3 Å². The first-order valence-corrected chi connectivity index (χ1v) is 6.47. The number of ether oxygens (including phenoxy) is 1. The smallest absolute Gasteiger partial charge is 0.0640 e. The maximum Gasteiger partial charge on any atom is 0.0640 e. The number of nitrogens with two attached hydrogens (primary N) is 1. The van der Waals surface area contributed by atoms with Gasteiger partial charge in [-0.2, -0.15) is 0 Å². The van der Waals surface area contributed by atoms with E-state index in [9.17, 15) is 0 Å². The molecule has 1 aliphatic heterocycles. The fourth-order valence-corrected chi connectivity index (χ4v) is 2.69. The lowest BCUT2D eigenvalue weighted by molar-refractivity contribution is 0.0390. The number of halogens is 2. The Kier molecular flexibility index (Phi) is 4.65. The summed E-state index contributed by atoms with van der Waals surface area (Å²) >= 11 is 12.2. The summed E-state index contributed by atoms with van der Waals surface area (Å²) in [5, 5.41) is 1.13. The van der Waals surface area contributed by atoms with Crippen LogP contribution >= 0.6 is 23.2 Å². The average molecular weight is 275 g/mol. The van der Waals surface area contributed by atoms with E-state index in [4.69, 9.17) is 33.8 Å². The Labute approximate surface area is 111 Å². The third kappa shape index (κ3) is 2.92. The van der Waals surface area contributed by atoms with E-state index in [0.717, 1.165) is 25.0 Å². The largest absolute Gasteiger partial charge is 0.381 e. The van der Waals surface area contributed by atoms with Crippen molar-refractivity contribution in [3.63, 3.8) is 0 Å². The van der Waals surface area contributed by atoms with Crippen LogP contribution in [0.4, 0.5) is 0 Å². The van der Waals surface area contributed by atoms with E-state index in [1.54, 1.807) is 6.07 Å². The number of hydrogen-bond donors (Lipinski definition) is 2. The molecule has 0 radical (unpaired) electrons. The van der Waals surface area contributed by atoms with Crippen molar-refractivity contribution in [3.05, 3.63) is 33.8 Å². The Hall–Kier alpha value is -0.320. The SMILES string of the molecule is NNC(c1cccc(Cl)c1Cl)C1CCCOC1. The summed E-state index contributed by atoms with van der Waals surface area (Å²) in [4.78, 5) is 0. The number of benzene rings is 1. The highest BCUT2D eigenvalue weighted by Crippen LogP contribution is 2.35. The van der Waals surface area contributed by atoms with Gasteiger partial charge in [-0.25, -0.2) is 0 Å². The molecular weight excluding hydrogens is 259 g/mol. The van der Waals surface area contributed by atoms with Crippen LogP contribution in [0, 0.1) is 5.92 Å². The van der Waals surface area contributed by atoms with Crippen molar-refractivity contribution < 1.29 is 4.74 Å². The van der Waals surface area contributed by atoms with Crippen LogP contribution in [0.3, 0.4) is 0 Å². The standard InChI is InChI=1S/C12H16Cl2N2O/c13-10-5-1-4-9(11(10)14)12(16-15)8-3-2-6-17-7-8/h1,4-5,8,12,16H,2-3,6-7,15H2. The third-order valence-electron chi connectivity index (χ3n) is 3.16. The van der Waals surface area contributed by atoms with Gasteiger partial charge in [0, 0.05) is 12.5 Å². The molecule has 1 aromatic rings. The van der Waals surface area contributed by atoms with E-state index in [1.807, 2.05) is 12.1 Å². The summed E-state index contributed by atoms with van der Waals surface area (Å²) in [7, 11) is 0. The minimum Gasteiger partial charge on any atom is -0.381 e. The minimum absolute atomic E-state index is 0.0125. The summed E-state index contributed by atoms with van der Waals surface area (Å²) in [5.41, 5.74) is 3.77. The maximum atomic E-state index is 6.22. The molecule has 1 fully saturated rings. The molecule has 94 valence electrons. The minimum atomic E-state index is -0.0125. The molecule has 3 nitrogen and oxygen atoms in total. The molecule has 2 atom stereocenters. The zero-order valence-electron chi connectivity index (χ0n) is 9.46. The van der Waals surface area contributed by atoms with Crippen LogP contribution in [0.5, 0.6) is 0 Å². The molecule has 17 heavy (non-hydrogen) atoms. The van der Waals surface area contributed by atoms with Gasteiger partial charge in [-0.3, -0.25) is 11.3 Å². The fourth-order valence-electron chi connectivity index (χ4n) is 2.27. The first kappa shape index (κ1) is 13.1. The summed E-state index contributed by atoms with van der Waals surface area (Å²) in [6, 6.07) is 5.60. The van der Waals surface area contributed by atoms with E-state index in [2.05, 4.69) is 5.43 Å². The molecule has 1 aliphatic rings. The molecule has 2 rings (SSSR count). The Bertz CT molecular complexity index is 381. The van der Waals surface area contributed by atoms with Gasteiger partial charge in [0.1, 0.15) is 0 Å². The van der Waals surface area contributed by atoms with Crippen LogP contribution in [0.1, 0.15) is 24.4 Å². The van der Waals surface area contributed by atoms with Gasteiger partial charge in [-0.15, -0.1) is 0 Å². The Morgan fingerprint density at radius 3 is 2.88 bits per heavy atom. The Morgan fingerprint density at radius 2 is 2.24 bits per heavy atom. The van der Waals surface area contributed by atoms with Gasteiger partial charge < -0.3 is 4.74 Å². The monoisotopic (exact) mass is 274 g/mol. The van der Waals surface area contributed by atoms with E-state index >= 15 is 0 Å². The van der Waals surface area contributed by atoms with Crippen LogP contribution in [0.25, 0.3) is 0 Å². The van der Waals surface area contributed by atoms with E-state index in [-0.39, 0.29) is 6.04 Å². The van der Waals surface area contributed by atoms with Gasteiger partial charge in [0.05, 0.1) is 22.7 Å². The molecule has 1 heterocycles. The predicted molar refractivity (Wildman–Crippen MR) is 70.1 cm³/mol. The molecule has 0 saturated carbocycles. The second kappa shape index (κ2) is 6.03. The molecule has 0 aromatic heterocycles. The van der Waals surface area contributed by atoms with Gasteiger partial charge >= 0.3 is 0 Å². The van der Waals surface area contributed by atoms with Crippen LogP contribution in [0.15, 0.2) is 18.2 Å². The highest BCUT2D eigenvalue weighted by atomic mass is 35.5. The second-order valence-electron chi connectivity index (χ2n) is 4.26. The normalized spacial score (nSPS) is 22.4. The van der Waals surface area contributed by atoms with Gasteiger partial charge in [-0.05, 0) is 24.5 Å². The Morgan fingerprint density at radius 1 is 1.41 bits per heavy atom. The van der Waals surface area contributed by atoms with Gasteiger partial charge in [0.15, 0.2) is 0 Å². The topological polar surface area (TPSA) is 47.3 Å². The summed E-state index contributed by atoms with van der Waals surface area (Å²) < 4.78 is 5.48. The van der Waals surface area contributed by atoms with E-state index < -0.39 is 0 Å². The summed E-state index contributed by atoms with van der Waals surface area (Å²) in [6.45, 7) is 1.54. The predicted octanol–water partition coefficient (Wildman–Crippen LogP) is 2.92. The molecule has 5 heteroatoms. The van der Waals surface area contributed by atoms with Crippen molar-refractivity contribution in [2.75, 3.05) is 13.2 Å². The lowest BCUT2D eigenvalue weighted by Gasteiger charge is -2.30. The first-order chi connectivity index (χ1) is 8.24. The van der Waals surface area contributed by atoms with Crippen molar-refractivity contribution in [2.45, 2.75) is 18.9 Å². The molecule has 1 aromatic carbocycles. The van der Waals surface area contributed by atoms with Crippen molar-refractivity contribution in [3.8, 4) is 0 Å². The lowest BCUT2D eigenvalue weighted by Crippen LogP contribution is -2.37. The third-order valence-corrected chi connectivity index (χ3v) is 4.00. The summed E-state index contributed by atoms with van der Waals surface area (Å²) in [6.07, 6.45) is 2.14. The lowest BCUT2D eigenvalue weighted by atomic mass is 9.89. The van der Waals surface area contributed by atoms with Gasteiger partial charge in [0.2, 0.25) is 0 Å². The molecule has 0 spiro atoms. The highest BCUT2D eigenvalue weighted by molar-refractivity contribution is 6.42. The van der Waals surface area contributed by atoms with Crippen LogP contribution in [-0.4, -0.2) is 13.2 Å². The summed E-state index contributed by atoms with van der Waals surface area (Å²) in [5.74, 6) is 5.99. The van der Waals surface area contributed by atoms with Crippen molar-refractivity contribution >= 4 is 23.2 Å². The molecule has 1 saturated heterocycles. The number of hydrazine groups is 1. The first-order valence-electron chi connectivity index (χ1n) is 5.72. The van der Waals surface area contributed by atoms with E-state index in [0.29, 0.717) is 22.6 Å². The number of nitrogens with one attached hydrogen (secondary N) is 1. The zero-order chi connectivity index (χ0) is 12.3. The second-order valence-corrected chi connectivity index (χ2v) is 5.05. The van der Waals surface area contributed by atoms with Crippen LogP contribution in [0.2, 0.25) is 10.0 Å². The average Bonchev–Trinajstić information content (AvgIpc) is 2.37. The molecule has 2 unspecified atom stereocenters. The quantitative estimate of drug-likeness (QED) is 0.658. The van der Waals surface area contributed by atoms with Crippen LogP contribution < -0.4 is 11.3 Å². The molecule has 0 bridgehead atoms. The highest BCUT2D eigenvalue weighted by Gasteiger charge is 2.26. The number of rotatable bonds is 3. The van der Waals surface area contributed by atoms with Crippen LogP contribution in [-0.2, 0) is 4.74 Å². The molecular formula is C12H16Cl2N2O.